The van der Waals surface area contributed by atoms with Gasteiger partial charge in [0.1, 0.15) is 12.3 Å². The summed E-state index contributed by atoms with van der Waals surface area (Å²) in [6.07, 6.45) is 1.61. The van der Waals surface area contributed by atoms with Gasteiger partial charge >= 0.3 is 11.9 Å². The van der Waals surface area contributed by atoms with Crippen molar-refractivity contribution in [1.29, 1.82) is 0 Å². The van der Waals surface area contributed by atoms with Gasteiger partial charge in [0, 0.05) is 14.1 Å². The van der Waals surface area contributed by atoms with Crippen molar-refractivity contribution in [2.45, 2.75) is 6.61 Å². The Morgan fingerprint density at radius 2 is 1.74 bits per heavy atom. The zero-order valence-electron chi connectivity index (χ0n) is 13.3. The summed E-state index contributed by atoms with van der Waals surface area (Å²) in [5, 5.41) is 0. The molecule has 0 fully saturated rings. The summed E-state index contributed by atoms with van der Waals surface area (Å²) in [4.78, 5) is 29.3. The van der Waals surface area contributed by atoms with E-state index in [2.05, 4.69) is 9.72 Å². The minimum Gasteiger partial charge on any atom is -0.465 e. The molecule has 120 valence electrons. The zero-order valence-corrected chi connectivity index (χ0v) is 13.3. The molecule has 2 aromatic rings. The highest BCUT2D eigenvalue weighted by molar-refractivity contribution is 5.89. The maximum absolute atomic E-state index is 11.9. The first kappa shape index (κ1) is 16.5. The van der Waals surface area contributed by atoms with Gasteiger partial charge in [-0.05, 0) is 29.8 Å². The number of carbonyl (C=O) groups excluding carboxylic acids is 2. The van der Waals surface area contributed by atoms with Crippen LogP contribution in [-0.4, -0.2) is 38.1 Å². The molecule has 0 aliphatic heterocycles. The molecule has 6 heteroatoms. The number of pyridine rings is 1. The van der Waals surface area contributed by atoms with Crippen LogP contribution < -0.4 is 4.90 Å². The lowest BCUT2D eigenvalue weighted by molar-refractivity contribution is 0.0464. The highest BCUT2D eigenvalue weighted by atomic mass is 16.5. The highest BCUT2D eigenvalue weighted by Gasteiger charge is 2.10. The molecule has 0 bridgehead atoms. The number of nitrogens with zero attached hydrogens (tertiary/aromatic N) is 2. The fraction of sp³-hybridized carbons (Fsp3) is 0.235. The van der Waals surface area contributed by atoms with Gasteiger partial charge in [-0.2, -0.15) is 0 Å². The molecular formula is C17H18N2O4. The van der Waals surface area contributed by atoms with Crippen LogP contribution in [0.2, 0.25) is 0 Å². The number of ether oxygens (including phenoxy) is 2. The quantitative estimate of drug-likeness (QED) is 0.789. The third-order valence-electron chi connectivity index (χ3n) is 3.22. The predicted octanol–water partition coefficient (Wildman–Crippen LogP) is 2.29. The molecular weight excluding hydrogens is 296 g/mol. The molecule has 0 aliphatic rings. The van der Waals surface area contributed by atoms with Crippen molar-refractivity contribution >= 4 is 17.6 Å². The maximum atomic E-state index is 11.9. The van der Waals surface area contributed by atoms with Crippen LogP contribution >= 0.6 is 0 Å². The van der Waals surface area contributed by atoms with E-state index in [9.17, 15) is 9.59 Å². The summed E-state index contributed by atoms with van der Waals surface area (Å²) in [5.41, 5.74) is 2.38. The minimum absolute atomic E-state index is 0.109. The van der Waals surface area contributed by atoms with E-state index in [1.165, 1.54) is 7.11 Å². The summed E-state index contributed by atoms with van der Waals surface area (Å²) < 4.78 is 9.83. The molecule has 1 aromatic carbocycles. The van der Waals surface area contributed by atoms with Gasteiger partial charge in [-0.25, -0.2) is 14.6 Å². The summed E-state index contributed by atoms with van der Waals surface area (Å²) >= 11 is 0. The van der Waals surface area contributed by atoms with E-state index >= 15 is 0 Å². The van der Waals surface area contributed by atoms with E-state index in [-0.39, 0.29) is 12.3 Å². The van der Waals surface area contributed by atoms with Crippen LogP contribution in [0.25, 0.3) is 0 Å². The molecule has 0 unspecified atom stereocenters. The number of hydrogen-bond donors (Lipinski definition) is 0. The SMILES string of the molecule is COC(=O)c1ccc(COC(=O)c2ccc(N(C)C)cn2)cc1. The lowest BCUT2D eigenvalue weighted by Crippen LogP contribution is -2.11. The molecule has 0 saturated heterocycles. The number of aromatic nitrogens is 1. The normalized spacial score (nSPS) is 10.0. The molecule has 0 saturated carbocycles. The molecule has 0 spiro atoms. The Kier molecular flexibility index (Phi) is 5.30. The standard InChI is InChI=1S/C17H18N2O4/c1-19(2)14-8-9-15(18-10-14)17(21)23-11-12-4-6-13(7-5-12)16(20)22-3/h4-10H,11H2,1-3H3. The van der Waals surface area contributed by atoms with Gasteiger partial charge in [-0.15, -0.1) is 0 Å². The molecule has 1 heterocycles. The third-order valence-corrected chi connectivity index (χ3v) is 3.22. The van der Waals surface area contributed by atoms with Crippen molar-refractivity contribution in [3.8, 4) is 0 Å². The highest BCUT2D eigenvalue weighted by Crippen LogP contribution is 2.11. The van der Waals surface area contributed by atoms with E-state index in [1.54, 1.807) is 42.6 Å². The average Bonchev–Trinajstić information content (AvgIpc) is 2.59. The van der Waals surface area contributed by atoms with Crippen LogP contribution in [0.3, 0.4) is 0 Å². The molecule has 0 N–H and O–H groups in total. The lowest BCUT2D eigenvalue weighted by atomic mass is 10.1. The molecule has 1 aromatic heterocycles. The van der Waals surface area contributed by atoms with Crippen LogP contribution in [0.15, 0.2) is 42.6 Å². The van der Waals surface area contributed by atoms with E-state index < -0.39 is 11.9 Å². The van der Waals surface area contributed by atoms with Crippen molar-refractivity contribution in [3.05, 3.63) is 59.4 Å². The molecule has 0 aliphatic carbocycles. The maximum Gasteiger partial charge on any atom is 0.357 e. The first-order chi connectivity index (χ1) is 11.0. The third kappa shape index (κ3) is 4.29. The monoisotopic (exact) mass is 314 g/mol. The van der Waals surface area contributed by atoms with Crippen molar-refractivity contribution in [3.63, 3.8) is 0 Å². The fourth-order valence-electron chi connectivity index (χ4n) is 1.85. The first-order valence-corrected chi connectivity index (χ1v) is 6.99. The Labute approximate surface area is 134 Å². The van der Waals surface area contributed by atoms with E-state index in [0.29, 0.717) is 5.56 Å². The van der Waals surface area contributed by atoms with Gasteiger partial charge in [-0.3, -0.25) is 0 Å². The van der Waals surface area contributed by atoms with Gasteiger partial charge < -0.3 is 14.4 Å². The van der Waals surface area contributed by atoms with Gasteiger partial charge in [0.25, 0.3) is 0 Å². The number of benzene rings is 1. The van der Waals surface area contributed by atoms with E-state index in [1.807, 2.05) is 19.0 Å². The second-order valence-corrected chi connectivity index (χ2v) is 5.06. The Balaban J connectivity index is 1.94. The second kappa shape index (κ2) is 7.40. The molecule has 23 heavy (non-hydrogen) atoms. The van der Waals surface area contributed by atoms with Crippen molar-refractivity contribution in [2.24, 2.45) is 0 Å². The molecule has 0 atom stereocenters. The molecule has 6 nitrogen and oxygen atoms in total. The smallest absolute Gasteiger partial charge is 0.357 e. The number of esters is 2. The van der Waals surface area contributed by atoms with Crippen LogP contribution in [-0.2, 0) is 16.1 Å². The average molecular weight is 314 g/mol. The van der Waals surface area contributed by atoms with Gasteiger partial charge in [0.15, 0.2) is 0 Å². The van der Waals surface area contributed by atoms with E-state index in [0.717, 1.165) is 11.3 Å². The zero-order chi connectivity index (χ0) is 16.8. The molecule has 2 rings (SSSR count). The second-order valence-electron chi connectivity index (χ2n) is 5.06. The first-order valence-electron chi connectivity index (χ1n) is 6.99. The van der Waals surface area contributed by atoms with Gasteiger partial charge in [0.05, 0.1) is 24.6 Å². The lowest BCUT2D eigenvalue weighted by Gasteiger charge is -2.11. The van der Waals surface area contributed by atoms with Gasteiger partial charge in [0.2, 0.25) is 0 Å². The summed E-state index contributed by atoms with van der Waals surface area (Å²) in [6.45, 7) is 0.109. The van der Waals surface area contributed by atoms with Crippen molar-refractivity contribution in [1.82, 2.24) is 4.98 Å². The number of carbonyl (C=O) groups is 2. The summed E-state index contributed by atoms with van der Waals surface area (Å²) in [7, 11) is 5.12. The van der Waals surface area contributed by atoms with Gasteiger partial charge in [-0.1, -0.05) is 12.1 Å². The number of rotatable bonds is 5. The van der Waals surface area contributed by atoms with Crippen LogP contribution in [0.1, 0.15) is 26.4 Å². The number of methoxy groups -OCH3 is 1. The minimum atomic E-state index is -0.493. The molecule has 0 radical (unpaired) electrons. The van der Waals surface area contributed by atoms with Crippen LogP contribution in [0, 0.1) is 0 Å². The van der Waals surface area contributed by atoms with Crippen molar-refractivity contribution in [2.75, 3.05) is 26.1 Å². The Bertz CT molecular complexity index is 679. The fourth-order valence-corrected chi connectivity index (χ4v) is 1.85. The largest absolute Gasteiger partial charge is 0.465 e. The number of anilines is 1. The van der Waals surface area contributed by atoms with Crippen molar-refractivity contribution < 1.29 is 19.1 Å². The van der Waals surface area contributed by atoms with Crippen LogP contribution in [0.4, 0.5) is 5.69 Å². The summed E-state index contributed by atoms with van der Waals surface area (Å²) in [5.74, 6) is -0.897. The topological polar surface area (TPSA) is 68.7 Å². The van der Waals surface area contributed by atoms with E-state index in [4.69, 9.17) is 4.74 Å². The molecule has 0 amide bonds. The predicted molar refractivity (Wildman–Crippen MR) is 85.5 cm³/mol. The Morgan fingerprint density at radius 3 is 2.26 bits per heavy atom. The van der Waals surface area contributed by atoms with Crippen LogP contribution in [0.5, 0.6) is 0 Å². The summed E-state index contributed by atoms with van der Waals surface area (Å²) in [6, 6.07) is 10.1. The Morgan fingerprint density at radius 1 is 1.04 bits per heavy atom. The number of hydrogen-bond acceptors (Lipinski definition) is 6. The Hall–Kier alpha value is -2.89.